The monoisotopic (exact) mass is 265 g/mol. The van der Waals surface area contributed by atoms with Crippen molar-refractivity contribution in [1.82, 2.24) is 0 Å². The van der Waals surface area contributed by atoms with Gasteiger partial charge in [-0.05, 0) is 24.6 Å². The van der Waals surface area contributed by atoms with E-state index in [1.165, 1.54) is 12.1 Å². The molecule has 1 N–H and O–H groups in total. The second-order valence-corrected chi connectivity index (χ2v) is 3.42. The smallest absolute Gasteiger partial charge is 0.336 e. The molecule has 1 aromatic rings. The molecule has 0 heterocycles. The maximum Gasteiger partial charge on any atom is 0.336 e. The standard InChI is InChI=1S/C12H11NO6/c1-2-19-11(14)6-4-8-3-5-9(13(17)18)7-10(8)12(15)16/h3-7H,2H2,1H3,(H,15,16). The van der Waals surface area contributed by atoms with Crippen LogP contribution in [0.3, 0.4) is 0 Å². The van der Waals surface area contributed by atoms with Crippen LogP contribution in [0.4, 0.5) is 5.69 Å². The molecule has 0 saturated carbocycles. The molecule has 1 rings (SSSR count). The highest BCUT2D eigenvalue weighted by Gasteiger charge is 2.14. The molecule has 0 atom stereocenters. The summed E-state index contributed by atoms with van der Waals surface area (Å²) in [4.78, 5) is 32.0. The van der Waals surface area contributed by atoms with Gasteiger partial charge in [-0.1, -0.05) is 0 Å². The van der Waals surface area contributed by atoms with Crippen molar-refractivity contribution < 1.29 is 24.4 Å². The third-order valence-corrected chi connectivity index (χ3v) is 2.16. The van der Waals surface area contributed by atoms with Crippen LogP contribution in [0.2, 0.25) is 0 Å². The number of nitro benzene ring substituents is 1. The number of non-ortho nitro benzene ring substituents is 1. The molecule has 0 amide bonds. The molecule has 0 radical (unpaired) electrons. The number of nitrogens with zero attached hydrogens (tertiary/aromatic N) is 1. The molecule has 0 aromatic heterocycles. The maximum absolute atomic E-state index is 11.1. The average Bonchev–Trinajstić information content (AvgIpc) is 2.36. The highest BCUT2D eigenvalue weighted by molar-refractivity contribution is 5.95. The lowest BCUT2D eigenvalue weighted by atomic mass is 10.1. The molecule has 0 saturated heterocycles. The van der Waals surface area contributed by atoms with Crippen molar-refractivity contribution in [3.8, 4) is 0 Å². The Kier molecular flexibility index (Phi) is 4.76. The molecule has 0 aliphatic carbocycles. The number of carbonyl (C=O) groups is 2. The third-order valence-electron chi connectivity index (χ3n) is 2.16. The summed E-state index contributed by atoms with van der Waals surface area (Å²) in [6.45, 7) is 1.84. The van der Waals surface area contributed by atoms with Gasteiger partial charge in [0.15, 0.2) is 0 Å². The van der Waals surface area contributed by atoms with Crippen molar-refractivity contribution in [1.29, 1.82) is 0 Å². The number of nitro groups is 1. The summed E-state index contributed by atoms with van der Waals surface area (Å²) >= 11 is 0. The van der Waals surface area contributed by atoms with Crippen LogP contribution in [0.5, 0.6) is 0 Å². The first-order valence-corrected chi connectivity index (χ1v) is 5.32. The Morgan fingerprint density at radius 3 is 2.68 bits per heavy atom. The molecule has 1 aromatic carbocycles. The lowest BCUT2D eigenvalue weighted by Gasteiger charge is -2.01. The number of esters is 1. The van der Waals surface area contributed by atoms with Crippen LogP contribution in [0.25, 0.3) is 6.08 Å². The van der Waals surface area contributed by atoms with Gasteiger partial charge in [-0.25, -0.2) is 9.59 Å². The normalized spacial score (nSPS) is 10.4. The number of benzene rings is 1. The summed E-state index contributed by atoms with van der Waals surface area (Å²) in [5.41, 5.74) is -0.397. The quantitative estimate of drug-likeness (QED) is 0.377. The van der Waals surface area contributed by atoms with E-state index in [0.29, 0.717) is 0 Å². The minimum absolute atomic E-state index is 0.186. The van der Waals surface area contributed by atoms with Crippen LogP contribution in [0, 0.1) is 10.1 Å². The topological polar surface area (TPSA) is 107 Å². The summed E-state index contributed by atoms with van der Waals surface area (Å²) in [6, 6.07) is 3.36. The Bertz CT molecular complexity index is 549. The Labute approximate surface area is 108 Å². The average molecular weight is 265 g/mol. The third kappa shape index (κ3) is 3.91. The zero-order chi connectivity index (χ0) is 14.4. The molecule has 0 unspecified atom stereocenters. The number of rotatable bonds is 5. The van der Waals surface area contributed by atoms with Crippen molar-refractivity contribution in [3.63, 3.8) is 0 Å². The lowest BCUT2D eigenvalue weighted by Crippen LogP contribution is -2.02. The van der Waals surface area contributed by atoms with Gasteiger partial charge >= 0.3 is 11.9 Å². The lowest BCUT2D eigenvalue weighted by molar-refractivity contribution is -0.384. The molecule has 0 fully saturated rings. The minimum Gasteiger partial charge on any atom is -0.478 e. The van der Waals surface area contributed by atoms with Gasteiger partial charge in [-0.2, -0.15) is 0 Å². The largest absolute Gasteiger partial charge is 0.478 e. The van der Waals surface area contributed by atoms with E-state index in [1.54, 1.807) is 6.92 Å². The van der Waals surface area contributed by atoms with Crippen LogP contribution in [0.1, 0.15) is 22.8 Å². The number of carbonyl (C=O) groups excluding carboxylic acids is 1. The first kappa shape index (κ1) is 14.4. The molecule has 19 heavy (non-hydrogen) atoms. The maximum atomic E-state index is 11.1. The molecule has 7 nitrogen and oxygen atoms in total. The van der Waals surface area contributed by atoms with Gasteiger partial charge < -0.3 is 9.84 Å². The summed E-state index contributed by atoms with van der Waals surface area (Å²) in [5.74, 6) is -1.93. The van der Waals surface area contributed by atoms with E-state index in [1.807, 2.05) is 0 Å². The summed E-state index contributed by atoms with van der Waals surface area (Å²) in [5, 5.41) is 19.5. The summed E-state index contributed by atoms with van der Waals surface area (Å²) < 4.78 is 4.64. The van der Waals surface area contributed by atoms with Gasteiger partial charge in [0.25, 0.3) is 5.69 Å². The predicted molar refractivity (Wildman–Crippen MR) is 65.7 cm³/mol. The van der Waals surface area contributed by atoms with E-state index < -0.39 is 16.9 Å². The van der Waals surface area contributed by atoms with Gasteiger partial charge in [0.2, 0.25) is 0 Å². The number of aromatic carboxylic acids is 1. The molecular formula is C12H11NO6. The van der Waals surface area contributed by atoms with E-state index in [0.717, 1.165) is 18.2 Å². The van der Waals surface area contributed by atoms with Gasteiger partial charge in [0.05, 0.1) is 17.1 Å². The van der Waals surface area contributed by atoms with Crippen LogP contribution in [-0.4, -0.2) is 28.6 Å². The second kappa shape index (κ2) is 6.29. The Hall–Kier alpha value is -2.70. The molecular weight excluding hydrogens is 254 g/mol. The molecule has 0 spiro atoms. The predicted octanol–water partition coefficient (Wildman–Crippen LogP) is 1.87. The summed E-state index contributed by atoms with van der Waals surface area (Å²) in [6.07, 6.45) is 2.31. The molecule has 0 aliphatic heterocycles. The fourth-order valence-electron chi connectivity index (χ4n) is 1.34. The first-order chi connectivity index (χ1) is 8.95. The Morgan fingerprint density at radius 2 is 2.16 bits per heavy atom. The van der Waals surface area contributed by atoms with E-state index >= 15 is 0 Å². The first-order valence-electron chi connectivity index (χ1n) is 5.32. The fourth-order valence-corrected chi connectivity index (χ4v) is 1.34. The zero-order valence-corrected chi connectivity index (χ0v) is 10.0. The molecule has 100 valence electrons. The SMILES string of the molecule is CCOC(=O)C=Cc1ccc([N+](=O)[O-])cc1C(=O)O. The van der Waals surface area contributed by atoms with Crippen LogP contribution in [-0.2, 0) is 9.53 Å². The minimum atomic E-state index is -1.31. The number of carboxylic acids is 1. The van der Waals surface area contributed by atoms with Crippen molar-refractivity contribution >= 4 is 23.7 Å². The fraction of sp³-hybridized carbons (Fsp3) is 0.167. The van der Waals surface area contributed by atoms with E-state index in [-0.39, 0.29) is 23.4 Å². The van der Waals surface area contributed by atoms with Crippen molar-refractivity contribution in [2.45, 2.75) is 6.92 Å². The number of carboxylic acid groups (broad SMARTS) is 1. The number of hydrogen-bond acceptors (Lipinski definition) is 5. The Morgan fingerprint density at radius 1 is 1.47 bits per heavy atom. The highest BCUT2D eigenvalue weighted by Crippen LogP contribution is 2.19. The van der Waals surface area contributed by atoms with Crippen LogP contribution in [0.15, 0.2) is 24.3 Å². The van der Waals surface area contributed by atoms with Gasteiger partial charge in [0.1, 0.15) is 0 Å². The van der Waals surface area contributed by atoms with Gasteiger partial charge in [-0.15, -0.1) is 0 Å². The van der Waals surface area contributed by atoms with E-state index in [2.05, 4.69) is 4.74 Å². The van der Waals surface area contributed by atoms with Crippen LogP contribution < -0.4 is 0 Å². The Balaban J connectivity index is 3.10. The van der Waals surface area contributed by atoms with Gasteiger partial charge in [0, 0.05) is 18.2 Å². The highest BCUT2D eigenvalue weighted by atomic mass is 16.6. The van der Waals surface area contributed by atoms with E-state index in [4.69, 9.17) is 5.11 Å². The molecule has 0 bridgehead atoms. The second-order valence-electron chi connectivity index (χ2n) is 3.42. The zero-order valence-electron chi connectivity index (χ0n) is 10.0. The van der Waals surface area contributed by atoms with Crippen molar-refractivity contribution in [2.24, 2.45) is 0 Å². The van der Waals surface area contributed by atoms with Crippen molar-refractivity contribution in [2.75, 3.05) is 6.61 Å². The molecule has 7 heteroatoms. The summed E-state index contributed by atoms with van der Waals surface area (Å²) in [7, 11) is 0. The number of ether oxygens (including phenoxy) is 1. The number of hydrogen-bond donors (Lipinski definition) is 1. The van der Waals surface area contributed by atoms with E-state index in [9.17, 15) is 19.7 Å². The van der Waals surface area contributed by atoms with Crippen LogP contribution >= 0.6 is 0 Å². The van der Waals surface area contributed by atoms with Gasteiger partial charge in [-0.3, -0.25) is 10.1 Å². The molecule has 0 aliphatic rings. The van der Waals surface area contributed by atoms with Crippen molar-refractivity contribution in [3.05, 3.63) is 45.5 Å².